The first-order chi connectivity index (χ1) is 10.3. The maximum atomic E-state index is 9.37. The molecule has 114 valence electrons. The lowest BCUT2D eigenvalue weighted by Crippen LogP contribution is -2.36. The van der Waals surface area contributed by atoms with Gasteiger partial charge in [0.1, 0.15) is 0 Å². The molecule has 1 aromatic carbocycles. The molecular weight excluding hydrogens is 262 g/mol. The van der Waals surface area contributed by atoms with E-state index in [1.165, 1.54) is 37.7 Å². The van der Waals surface area contributed by atoms with Gasteiger partial charge in [-0.3, -0.25) is 5.10 Å². The summed E-state index contributed by atoms with van der Waals surface area (Å²) in [4.78, 5) is 0. The van der Waals surface area contributed by atoms with Gasteiger partial charge in [0.15, 0.2) is 0 Å². The molecule has 0 spiro atoms. The van der Waals surface area contributed by atoms with Crippen molar-refractivity contribution in [1.29, 1.82) is 0 Å². The van der Waals surface area contributed by atoms with Gasteiger partial charge in [0.25, 0.3) is 0 Å². The van der Waals surface area contributed by atoms with E-state index in [0.717, 1.165) is 30.4 Å². The second-order valence-electron chi connectivity index (χ2n) is 6.39. The van der Waals surface area contributed by atoms with Gasteiger partial charge in [-0.2, -0.15) is 5.10 Å². The van der Waals surface area contributed by atoms with Crippen LogP contribution in [0.3, 0.4) is 0 Å². The minimum Gasteiger partial charge on any atom is -0.396 e. The first-order valence-electron chi connectivity index (χ1n) is 8.06. The van der Waals surface area contributed by atoms with Crippen molar-refractivity contribution in [2.24, 2.45) is 5.41 Å². The van der Waals surface area contributed by atoms with E-state index in [9.17, 15) is 5.11 Å². The zero-order valence-corrected chi connectivity index (χ0v) is 12.6. The molecule has 1 aromatic heterocycles. The number of aromatic nitrogens is 2. The molecule has 4 nitrogen and oxygen atoms in total. The monoisotopic (exact) mass is 287 g/mol. The minimum atomic E-state index is 0.300. The van der Waals surface area contributed by atoms with Crippen molar-refractivity contribution in [1.82, 2.24) is 15.5 Å². The standard InChI is InChI=1S/C17H25N3O/c21-10-9-17(7-2-1-3-8-17)13-18-11-14-5-4-6-15-12-19-20-16(14)15/h4-6,12,18,21H,1-3,7-11,13H2,(H,19,20). The summed E-state index contributed by atoms with van der Waals surface area (Å²) in [5.41, 5.74) is 2.69. The molecule has 4 heteroatoms. The average molecular weight is 287 g/mol. The number of fused-ring (bicyclic) bond motifs is 1. The van der Waals surface area contributed by atoms with Crippen LogP contribution in [0.5, 0.6) is 0 Å². The Kier molecular flexibility index (Phi) is 4.56. The molecule has 0 bridgehead atoms. The number of aromatic amines is 1. The summed E-state index contributed by atoms with van der Waals surface area (Å²) in [7, 11) is 0. The van der Waals surface area contributed by atoms with Crippen molar-refractivity contribution in [3.8, 4) is 0 Å². The zero-order valence-electron chi connectivity index (χ0n) is 12.6. The summed E-state index contributed by atoms with van der Waals surface area (Å²) in [5.74, 6) is 0. The Hall–Kier alpha value is -1.39. The normalized spacial score (nSPS) is 18.1. The number of aliphatic hydroxyl groups is 1. The molecule has 3 rings (SSSR count). The van der Waals surface area contributed by atoms with Crippen LogP contribution in [-0.2, 0) is 6.54 Å². The van der Waals surface area contributed by atoms with Crippen molar-refractivity contribution in [3.05, 3.63) is 30.0 Å². The van der Waals surface area contributed by atoms with E-state index in [2.05, 4.69) is 33.7 Å². The molecule has 1 heterocycles. The summed E-state index contributed by atoms with van der Waals surface area (Å²) in [5, 5.41) is 21.4. The van der Waals surface area contributed by atoms with Crippen LogP contribution in [0.4, 0.5) is 0 Å². The maximum Gasteiger partial charge on any atom is 0.0695 e. The molecule has 21 heavy (non-hydrogen) atoms. The SMILES string of the molecule is OCCC1(CNCc2cccc3cn[nH]c23)CCCCC1. The van der Waals surface area contributed by atoms with E-state index in [-0.39, 0.29) is 0 Å². The molecule has 0 aliphatic heterocycles. The quantitative estimate of drug-likeness (QED) is 0.765. The first-order valence-corrected chi connectivity index (χ1v) is 8.06. The van der Waals surface area contributed by atoms with Gasteiger partial charge >= 0.3 is 0 Å². The molecule has 1 aliphatic carbocycles. The lowest BCUT2D eigenvalue weighted by Gasteiger charge is -2.37. The lowest BCUT2D eigenvalue weighted by atomic mass is 9.72. The summed E-state index contributed by atoms with van der Waals surface area (Å²) in [6, 6.07) is 6.31. The molecule has 3 N–H and O–H groups in total. The van der Waals surface area contributed by atoms with Gasteiger partial charge < -0.3 is 10.4 Å². The Labute approximate surface area is 125 Å². The predicted molar refractivity (Wildman–Crippen MR) is 85.0 cm³/mol. The topological polar surface area (TPSA) is 60.9 Å². The molecule has 0 saturated heterocycles. The predicted octanol–water partition coefficient (Wildman–Crippen LogP) is 2.99. The van der Waals surface area contributed by atoms with Crippen LogP contribution in [0, 0.1) is 5.41 Å². The molecule has 0 amide bonds. The Bertz CT molecular complexity index is 567. The molecular formula is C17H25N3O. The summed E-state index contributed by atoms with van der Waals surface area (Å²) in [6.45, 7) is 2.16. The van der Waals surface area contributed by atoms with Gasteiger partial charge in [0.05, 0.1) is 11.7 Å². The highest BCUT2D eigenvalue weighted by molar-refractivity contribution is 5.81. The number of para-hydroxylation sites is 1. The molecule has 1 fully saturated rings. The number of H-pyrrole nitrogens is 1. The largest absolute Gasteiger partial charge is 0.396 e. The van der Waals surface area contributed by atoms with Crippen molar-refractivity contribution in [2.45, 2.75) is 45.1 Å². The van der Waals surface area contributed by atoms with Crippen LogP contribution >= 0.6 is 0 Å². The molecule has 1 aliphatic rings. The van der Waals surface area contributed by atoms with Crippen LogP contribution in [-0.4, -0.2) is 28.5 Å². The van der Waals surface area contributed by atoms with E-state index in [0.29, 0.717) is 12.0 Å². The van der Waals surface area contributed by atoms with Crippen molar-refractivity contribution in [3.63, 3.8) is 0 Å². The van der Waals surface area contributed by atoms with Gasteiger partial charge in [-0.25, -0.2) is 0 Å². The molecule has 1 saturated carbocycles. The third kappa shape index (κ3) is 3.27. The van der Waals surface area contributed by atoms with Crippen LogP contribution in [0.2, 0.25) is 0 Å². The van der Waals surface area contributed by atoms with Gasteiger partial charge in [-0.05, 0) is 30.2 Å². The Balaban J connectivity index is 1.63. The van der Waals surface area contributed by atoms with Crippen molar-refractivity contribution < 1.29 is 5.11 Å². The molecule has 0 unspecified atom stereocenters. The lowest BCUT2D eigenvalue weighted by molar-refractivity contribution is 0.126. The van der Waals surface area contributed by atoms with E-state index in [1.807, 2.05) is 6.20 Å². The van der Waals surface area contributed by atoms with Crippen LogP contribution < -0.4 is 5.32 Å². The number of hydrogen-bond acceptors (Lipinski definition) is 3. The number of aliphatic hydroxyl groups excluding tert-OH is 1. The van der Waals surface area contributed by atoms with Crippen LogP contribution in [0.25, 0.3) is 10.9 Å². The van der Waals surface area contributed by atoms with Gasteiger partial charge in [-0.15, -0.1) is 0 Å². The third-order valence-corrected chi connectivity index (χ3v) is 4.93. The third-order valence-electron chi connectivity index (χ3n) is 4.93. The van der Waals surface area contributed by atoms with Crippen LogP contribution in [0.15, 0.2) is 24.4 Å². The number of nitrogens with one attached hydrogen (secondary N) is 2. The fraction of sp³-hybridized carbons (Fsp3) is 0.588. The van der Waals surface area contributed by atoms with Crippen molar-refractivity contribution in [2.75, 3.05) is 13.2 Å². The number of rotatable bonds is 6. The number of nitrogens with zero attached hydrogens (tertiary/aromatic N) is 1. The van der Waals surface area contributed by atoms with Gasteiger partial charge in [-0.1, -0.05) is 37.5 Å². The smallest absolute Gasteiger partial charge is 0.0695 e. The highest BCUT2D eigenvalue weighted by atomic mass is 16.3. The van der Waals surface area contributed by atoms with E-state index < -0.39 is 0 Å². The van der Waals surface area contributed by atoms with Gasteiger partial charge in [0, 0.05) is 25.1 Å². The first kappa shape index (κ1) is 14.5. The fourth-order valence-electron chi connectivity index (χ4n) is 3.69. The second-order valence-corrected chi connectivity index (χ2v) is 6.39. The summed E-state index contributed by atoms with van der Waals surface area (Å²) < 4.78 is 0. The number of hydrogen-bond donors (Lipinski definition) is 3. The molecule has 2 aromatic rings. The van der Waals surface area contributed by atoms with E-state index in [4.69, 9.17) is 0 Å². The highest BCUT2D eigenvalue weighted by Gasteiger charge is 2.30. The minimum absolute atomic E-state index is 0.300. The number of benzene rings is 1. The van der Waals surface area contributed by atoms with Crippen molar-refractivity contribution >= 4 is 10.9 Å². The Morgan fingerprint density at radius 3 is 2.90 bits per heavy atom. The molecule has 0 radical (unpaired) electrons. The maximum absolute atomic E-state index is 9.37. The second kappa shape index (κ2) is 6.58. The molecule has 0 atom stereocenters. The van der Waals surface area contributed by atoms with E-state index >= 15 is 0 Å². The zero-order chi connectivity index (χ0) is 14.5. The van der Waals surface area contributed by atoms with E-state index in [1.54, 1.807) is 0 Å². The average Bonchev–Trinajstić information content (AvgIpc) is 2.98. The Morgan fingerprint density at radius 2 is 2.10 bits per heavy atom. The summed E-state index contributed by atoms with van der Waals surface area (Å²) in [6.07, 6.45) is 9.24. The highest BCUT2D eigenvalue weighted by Crippen LogP contribution is 2.38. The van der Waals surface area contributed by atoms with Gasteiger partial charge in [0.2, 0.25) is 0 Å². The van der Waals surface area contributed by atoms with Crippen LogP contribution in [0.1, 0.15) is 44.1 Å². The Morgan fingerprint density at radius 1 is 1.24 bits per heavy atom. The fourth-order valence-corrected chi connectivity index (χ4v) is 3.69. The summed E-state index contributed by atoms with van der Waals surface area (Å²) >= 11 is 0.